The molecule has 0 unspecified atom stereocenters. The molecular formula is C10H14N2O5S. The maximum Gasteiger partial charge on any atom is 0.322 e. The Morgan fingerprint density at radius 2 is 2.33 bits per heavy atom. The number of carboxylic acids is 1. The highest BCUT2D eigenvalue weighted by Crippen LogP contribution is 2.28. The van der Waals surface area contributed by atoms with Gasteiger partial charge >= 0.3 is 5.97 Å². The lowest BCUT2D eigenvalue weighted by atomic mass is 10.2. The number of aliphatic carboxylic acids is 1. The quantitative estimate of drug-likeness (QED) is 0.855. The van der Waals surface area contributed by atoms with Crippen LogP contribution >= 0.6 is 0 Å². The fraction of sp³-hybridized carbons (Fsp3) is 0.600. The fourth-order valence-corrected chi connectivity index (χ4v) is 4.14. The summed E-state index contributed by atoms with van der Waals surface area (Å²) in [6, 6.07) is 0.175. The normalized spacial score (nSPS) is 25.4. The molecule has 2 atom stereocenters. The van der Waals surface area contributed by atoms with Gasteiger partial charge in [0.2, 0.25) is 10.0 Å². The molecule has 2 rings (SSSR count). The van der Waals surface area contributed by atoms with Crippen molar-refractivity contribution in [1.29, 1.82) is 0 Å². The Morgan fingerprint density at radius 1 is 1.61 bits per heavy atom. The summed E-state index contributed by atoms with van der Waals surface area (Å²) >= 11 is 0. The predicted molar refractivity (Wildman–Crippen MR) is 61.1 cm³/mol. The molecule has 2 heterocycles. The minimum Gasteiger partial charge on any atom is -0.480 e. The molecule has 7 nitrogen and oxygen atoms in total. The maximum atomic E-state index is 12.2. The van der Waals surface area contributed by atoms with Crippen LogP contribution in [0.4, 0.5) is 0 Å². The minimum atomic E-state index is -3.70. The van der Waals surface area contributed by atoms with Crippen LogP contribution in [0, 0.1) is 0 Å². The lowest BCUT2D eigenvalue weighted by Gasteiger charge is -2.24. The van der Waals surface area contributed by atoms with Gasteiger partial charge in [-0.05, 0) is 19.8 Å². The number of hydrogen-bond acceptors (Lipinski definition) is 5. The Hall–Kier alpha value is -1.41. The van der Waals surface area contributed by atoms with Crippen molar-refractivity contribution in [1.82, 2.24) is 9.46 Å². The van der Waals surface area contributed by atoms with E-state index in [0.29, 0.717) is 12.8 Å². The molecule has 18 heavy (non-hydrogen) atoms. The van der Waals surface area contributed by atoms with Crippen LogP contribution in [0.5, 0.6) is 0 Å². The first-order valence-corrected chi connectivity index (χ1v) is 7.16. The van der Waals surface area contributed by atoms with Crippen molar-refractivity contribution >= 4 is 16.0 Å². The first-order valence-electron chi connectivity index (χ1n) is 5.55. The summed E-state index contributed by atoms with van der Waals surface area (Å²) in [6.07, 6.45) is 2.18. The molecular weight excluding hydrogens is 260 g/mol. The van der Waals surface area contributed by atoms with Gasteiger partial charge < -0.3 is 9.63 Å². The first-order chi connectivity index (χ1) is 8.42. The van der Waals surface area contributed by atoms with Crippen molar-refractivity contribution in [2.45, 2.75) is 37.6 Å². The first kappa shape index (κ1) is 13.0. The van der Waals surface area contributed by atoms with Crippen molar-refractivity contribution in [2.75, 3.05) is 0 Å². The summed E-state index contributed by atoms with van der Waals surface area (Å²) in [5.41, 5.74) is 0.276. The number of carbonyl (C=O) groups is 1. The Labute approximate surface area is 104 Å². The number of sulfonamides is 1. The molecule has 0 amide bonds. The number of rotatable bonds is 4. The van der Waals surface area contributed by atoms with E-state index >= 15 is 0 Å². The van der Waals surface area contributed by atoms with Crippen LogP contribution < -0.4 is 0 Å². The molecule has 1 saturated heterocycles. The van der Waals surface area contributed by atoms with Gasteiger partial charge in [0.15, 0.2) is 0 Å². The maximum absolute atomic E-state index is 12.2. The average molecular weight is 274 g/mol. The number of nitrogens with zero attached hydrogens (tertiary/aromatic N) is 2. The third kappa shape index (κ3) is 2.39. The molecule has 1 N–H and O–H groups in total. The van der Waals surface area contributed by atoms with Gasteiger partial charge in [0.25, 0.3) is 0 Å². The summed E-state index contributed by atoms with van der Waals surface area (Å²) < 4.78 is 30.1. The second kappa shape index (κ2) is 4.69. The highest BCUT2D eigenvalue weighted by Gasteiger charge is 2.43. The fourth-order valence-electron chi connectivity index (χ4n) is 2.23. The standard InChI is InChI=1S/C10H14N2O5S/c1-7-2-3-9(10(13)14)12(7)18(15,16)6-8-4-5-17-11-8/h4-5,7,9H,2-3,6H2,1H3,(H,13,14)/t7-,9-/m1/s1. The van der Waals surface area contributed by atoms with Gasteiger partial charge in [-0.2, -0.15) is 4.31 Å². The zero-order valence-corrected chi connectivity index (χ0v) is 10.6. The van der Waals surface area contributed by atoms with E-state index in [2.05, 4.69) is 9.68 Å². The summed E-state index contributed by atoms with van der Waals surface area (Å²) in [5.74, 6) is -1.44. The Morgan fingerprint density at radius 3 is 2.89 bits per heavy atom. The molecule has 0 spiro atoms. The lowest BCUT2D eigenvalue weighted by Crippen LogP contribution is -2.44. The molecule has 0 aromatic carbocycles. The van der Waals surface area contributed by atoms with E-state index < -0.39 is 22.0 Å². The number of hydrogen-bond donors (Lipinski definition) is 1. The third-order valence-corrected chi connectivity index (χ3v) is 4.94. The van der Waals surface area contributed by atoms with E-state index in [9.17, 15) is 13.2 Å². The predicted octanol–water partition coefficient (Wildman–Crippen LogP) is 0.442. The smallest absolute Gasteiger partial charge is 0.322 e. The SMILES string of the molecule is C[C@@H]1CC[C@H](C(=O)O)N1S(=O)(=O)Cc1ccon1. The second-order valence-corrected chi connectivity index (χ2v) is 6.23. The van der Waals surface area contributed by atoms with Gasteiger partial charge in [0, 0.05) is 12.1 Å². The molecule has 100 valence electrons. The van der Waals surface area contributed by atoms with Gasteiger partial charge in [-0.3, -0.25) is 4.79 Å². The highest BCUT2D eigenvalue weighted by atomic mass is 32.2. The van der Waals surface area contributed by atoms with Crippen LogP contribution in [0.3, 0.4) is 0 Å². The van der Waals surface area contributed by atoms with Crippen molar-refractivity contribution < 1.29 is 22.8 Å². The van der Waals surface area contributed by atoms with Crippen LogP contribution in [0.1, 0.15) is 25.5 Å². The number of carboxylic acid groups (broad SMARTS) is 1. The van der Waals surface area contributed by atoms with Gasteiger partial charge in [0.1, 0.15) is 18.1 Å². The highest BCUT2D eigenvalue weighted by molar-refractivity contribution is 7.88. The van der Waals surface area contributed by atoms with Crippen LogP contribution in [-0.4, -0.2) is 41.0 Å². The molecule has 0 aliphatic carbocycles. The molecule has 1 fully saturated rings. The van der Waals surface area contributed by atoms with Gasteiger partial charge in [-0.1, -0.05) is 5.16 Å². The van der Waals surface area contributed by atoms with Crippen LogP contribution in [0.25, 0.3) is 0 Å². The minimum absolute atomic E-state index is 0.276. The summed E-state index contributed by atoms with van der Waals surface area (Å²) in [7, 11) is -3.70. The summed E-state index contributed by atoms with van der Waals surface area (Å²) in [6.45, 7) is 1.71. The van der Waals surface area contributed by atoms with Gasteiger partial charge in [-0.25, -0.2) is 8.42 Å². The van der Waals surface area contributed by atoms with Crippen molar-refractivity contribution in [3.63, 3.8) is 0 Å². The molecule has 8 heteroatoms. The van der Waals surface area contributed by atoms with Gasteiger partial charge in [-0.15, -0.1) is 0 Å². The molecule has 1 aliphatic heterocycles. The molecule has 0 radical (unpaired) electrons. The van der Waals surface area contributed by atoms with Crippen LogP contribution in [0.2, 0.25) is 0 Å². The van der Waals surface area contributed by atoms with E-state index in [1.807, 2.05) is 0 Å². The Bertz CT molecular complexity index is 524. The van der Waals surface area contributed by atoms with E-state index in [0.717, 1.165) is 4.31 Å². The zero-order valence-electron chi connectivity index (χ0n) is 9.81. The van der Waals surface area contributed by atoms with Crippen molar-refractivity contribution in [2.24, 2.45) is 0 Å². The summed E-state index contributed by atoms with van der Waals surface area (Å²) in [5, 5.41) is 12.6. The van der Waals surface area contributed by atoms with Crippen molar-refractivity contribution in [3.05, 3.63) is 18.0 Å². The average Bonchev–Trinajstić information content (AvgIpc) is 2.86. The van der Waals surface area contributed by atoms with E-state index in [1.165, 1.54) is 12.3 Å². The van der Waals surface area contributed by atoms with Crippen molar-refractivity contribution in [3.8, 4) is 0 Å². The topological polar surface area (TPSA) is 101 Å². The third-order valence-electron chi connectivity index (χ3n) is 3.03. The molecule has 1 aromatic rings. The molecule has 1 aliphatic rings. The zero-order chi connectivity index (χ0) is 13.3. The number of aromatic nitrogens is 1. The van der Waals surface area contributed by atoms with Crippen LogP contribution in [0.15, 0.2) is 16.9 Å². The Balaban J connectivity index is 2.25. The Kier molecular flexibility index (Phi) is 3.40. The van der Waals surface area contributed by atoms with E-state index in [1.54, 1.807) is 6.92 Å². The van der Waals surface area contributed by atoms with Crippen LogP contribution in [-0.2, 0) is 20.6 Å². The van der Waals surface area contributed by atoms with Gasteiger partial charge in [0.05, 0.1) is 5.69 Å². The van der Waals surface area contributed by atoms with E-state index in [4.69, 9.17) is 5.11 Å². The largest absolute Gasteiger partial charge is 0.480 e. The monoisotopic (exact) mass is 274 g/mol. The second-order valence-electron chi connectivity index (χ2n) is 4.36. The van der Waals surface area contributed by atoms with E-state index in [-0.39, 0.29) is 17.5 Å². The molecule has 0 bridgehead atoms. The summed E-state index contributed by atoms with van der Waals surface area (Å²) in [4.78, 5) is 11.1. The molecule has 0 saturated carbocycles. The molecule has 1 aromatic heterocycles. The lowest BCUT2D eigenvalue weighted by molar-refractivity contribution is -0.140.